The van der Waals surface area contributed by atoms with Crippen LogP contribution in [-0.2, 0) is 17.1 Å². The molecule has 30 heavy (non-hydrogen) atoms. The molecule has 1 amide bonds. The molecule has 1 aromatic carbocycles. The number of aromatic nitrogens is 4. The lowest BCUT2D eigenvalue weighted by Crippen LogP contribution is -2.23. The van der Waals surface area contributed by atoms with Gasteiger partial charge in [0.1, 0.15) is 10.7 Å². The van der Waals surface area contributed by atoms with E-state index in [4.69, 9.17) is 4.42 Å². The van der Waals surface area contributed by atoms with Crippen molar-refractivity contribution in [2.24, 2.45) is 0 Å². The number of rotatable bonds is 6. The standard InChI is InChI=1S/C20H17N5O3S2/c26-17-7-4-8-25(17)10-16-23-24-20(28-16)29-11-15-21-18(27)13-9-14(30-19(13)22-15)12-5-2-1-3-6-12/h1-3,5-6,9H,4,7-8,10-11H2,(H,21,22,27). The first-order valence-electron chi connectivity index (χ1n) is 9.47. The molecule has 152 valence electrons. The lowest BCUT2D eigenvalue weighted by Gasteiger charge is -2.11. The number of thioether (sulfide) groups is 1. The number of hydrogen-bond donors (Lipinski definition) is 1. The predicted molar refractivity (Wildman–Crippen MR) is 114 cm³/mol. The van der Waals surface area contributed by atoms with Gasteiger partial charge in [-0.1, -0.05) is 42.1 Å². The number of benzene rings is 1. The Kier molecular flexibility index (Phi) is 5.09. The van der Waals surface area contributed by atoms with E-state index in [2.05, 4.69) is 20.2 Å². The Morgan fingerprint density at radius 2 is 2.07 bits per heavy atom. The van der Waals surface area contributed by atoms with Crippen LogP contribution in [-0.4, -0.2) is 37.5 Å². The molecule has 4 aromatic rings. The Bertz CT molecular complexity index is 1260. The van der Waals surface area contributed by atoms with Crippen LogP contribution in [0.15, 0.2) is 50.8 Å². The lowest BCUT2D eigenvalue weighted by molar-refractivity contribution is -0.128. The number of aromatic amines is 1. The molecule has 0 atom stereocenters. The van der Waals surface area contributed by atoms with E-state index in [0.29, 0.717) is 45.9 Å². The summed E-state index contributed by atoms with van der Waals surface area (Å²) in [6.07, 6.45) is 1.44. The minimum absolute atomic E-state index is 0.114. The number of carbonyl (C=O) groups is 1. The number of hydrogen-bond acceptors (Lipinski definition) is 8. The Labute approximate surface area is 179 Å². The van der Waals surface area contributed by atoms with Crippen LogP contribution < -0.4 is 5.56 Å². The number of carbonyl (C=O) groups excluding carboxylic acids is 1. The number of fused-ring (bicyclic) bond motifs is 1. The molecule has 0 aliphatic carbocycles. The zero-order valence-electron chi connectivity index (χ0n) is 15.8. The highest BCUT2D eigenvalue weighted by molar-refractivity contribution is 7.98. The first-order chi connectivity index (χ1) is 14.7. The molecule has 0 spiro atoms. The van der Waals surface area contributed by atoms with Gasteiger partial charge < -0.3 is 14.3 Å². The minimum Gasteiger partial charge on any atom is -0.414 e. The Balaban J connectivity index is 1.30. The van der Waals surface area contributed by atoms with Gasteiger partial charge in [0.25, 0.3) is 10.8 Å². The van der Waals surface area contributed by atoms with E-state index in [1.165, 1.54) is 23.1 Å². The fourth-order valence-corrected chi connectivity index (χ4v) is 5.02. The molecule has 8 nitrogen and oxygen atoms in total. The van der Waals surface area contributed by atoms with Crippen molar-refractivity contribution in [2.45, 2.75) is 30.4 Å². The van der Waals surface area contributed by atoms with Gasteiger partial charge in [-0.05, 0) is 18.1 Å². The monoisotopic (exact) mass is 439 g/mol. The summed E-state index contributed by atoms with van der Waals surface area (Å²) in [5, 5.41) is 9.00. The summed E-state index contributed by atoms with van der Waals surface area (Å²) in [5.41, 5.74) is 0.901. The molecule has 1 aliphatic rings. The highest BCUT2D eigenvalue weighted by Crippen LogP contribution is 2.31. The summed E-state index contributed by atoms with van der Waals surface area (Å²) in [5.74, 6) is 1.47. The molecule has 4 heterocycles. The molecule has 0 radical (unpaired) electrons. The topological polar surface area (TPSA) is 105 Å². The Hall–Kier alpha value is -2.98. The van der Waals surface area contributed by atoms with Gasteiger partial charge in [-0.3, -0.25) is 9.59 Å². The van der Waals surface area contributed by atoms with Crippen LogP contribution in [0.5, 0.6) is 0 Å². The van der Waals surface area contributed by atoms with Gasteiger partial charge in [-0.2, -0.15) is 0 Å². The van der Waals surface area contributed by atoms with E-state index in [9.17, 15) is 9.59 Å². The van der Waals surface area contributed by atoms with Crippen molar-refractivity contribution in [3.63, 3.8) is 0 Å². The van der Waals surface area contributed by atoms with Crippen LogP contribution in [0.4, 0.5) is 0 Å². The third-order valence-electron chi connectivity index (χ3n) is 4.79. The normalized spacial score (nSPS) is 14.1. The number of nitrogens with one attached hydrogen (secondary N) is 1. The average molecular weight is 440 g/mol. The van der Waals surface area contributed by atoms with E-state index in [0.717, 1.165) is 23.4 Å². The Morgan fingerprint density at radius 1 is 1.20 bits per heavy atom. The second-order valence-corrected chi connectivity index (χ2v) is 8.83. The number of amides is 1. The largest absolute Gasteiger partial charge is 0.414 e. The molecule has 0 saturated carbocycles. The second kappa shape index (κ2) is 8.04. The summed E-state index contributed by atoms with van der Waals surface area (Å²) in [6.45, 7) is 1.06. The predicted octanol–water partition coefficient (Wildman–Crippen LogP) is 3.45. The van der Waals surface area contributed by atoms with Crippen LogP contribution in [0.3, 0.4) is 0 Å². The van der Waals surface area contributed by atoms with E-state index < -0.39 is 0 Å². The van der Waals surface area contributed by atoms with Crippen LogP contribution in [0.1, 0.15) is 24.6 Å². The first kappa shape index (κ1) is 19.0. The van der Waals surface area contributed by atoms with Gasteiger partial charge in [0.2, 0.25) is 11.8 Å². The number of nitrogens with zero attached hydrogens (tertiary/aromatic N) is 4. The highest BCUT2D eigenvalue weighted by Gasteiger charge is 2.22. The maximum Gasteiger partial charge on any atom is 0.277 e. The Morgan fingerprint density at radius 3 is 2.87 bits per heavy atom. The summed E-state index contributed by atoms with van der Waals surface area (Å²) < 4.78 is 5.62. The number of likely N-dealkylation sites (tertiary alicyclic amines) is 1. The van der Waals surface area contributed by atoms with Crippen molar-refractivity contribution in [1.29, 1.82) is 0 Å². The van der Waals surface area contributed by atoms with E-state index >= 15 is 0 Å². The second-order valence-electron chi connectivity index (χ2n) is 6.88. The molecule has 5 rings (SSSR count). The fraction of sp³-hybridized carbons (Fsp3) is 0.250. The maximum atomic E-state index is 12.5. The SMILES string of the molecule is O=C1CCCN1Cc1nnc(SCc2nc3sc(-c4ccccc4)cc3c(=O)[nH]2)o1. The highest BCUT2D eigenvalue weighted by atomic mass is 32.2. The summed E-state index contributed by atoms with van der Waals surface area (Å²) in [6, 6.07) is 11.8. The van der Waals surface area contributed by atoms with Crippen LogP contribution in [0, 0.1) is 0 Å². The molecule has 0 unspecified atom stereocenters. The number of H-pyrrole nitrogens is 1. The van der Waals surface area contributed by atoms with E-state index in [1.807, 2.05) is 36.4 Å². The third-order valence-corrected chi connectivity index (χ3v) is 6.70. The molecular formula is C20H17N5O3S2. The number of thiophene rings is 1. The van der Waals surface area contributed by atoms with Crippen molar-refractivity contribution in [1.82, 2.24) is 25.1 Å². The fourth-order valence-electron chi connectivity index (χ4n) is 3.31. The van der Waals surface area contributed by atoms with Gasteiger partial charge >= 0.3 is 0 Å². The van der Waals surface area contributed by atoms with Crippen molar-refractivity contribution in [3.05, 3.63) is 58.5 Å². The van der Waals surface area contributed by atoms with Crippen LogP contribution in [0.25, 0.3) is 20.7 Å². The van der Waals surface area contributed by atoms with Gasteiger partial charge in [0.05, 0.1) is 17.7 Å². The van der Waals surface area contributed by atoms with Gasteiger partial charge in [-0.15, -0.1) is 21.5 Å². The first-order valence-corrected chi connectivity index (χ1v) is 11.3. The maximum absolute atomic E-state index is 12.5. The summed E-state index contributed by atoms with van der Waals surface area (Å²) in [7, 11) is 0. The smallest absolute Gasteiger partial charge is 0.277 e. The average Bonchev–Trinajstić information content (AvgIpc) is 3.48. The molecule has 3 aromatic heterocycles. The zero-order valence-corrected chi connectivity index (χ0v) is 17.5. The van der Waals surface area contributed by atoms with E-state index in [-0.39, 0.29) is 11.5 Å². The van der Waals surface area contributed by atoms with Gasteiger partial charge in [0.15, 0.2) is 0 Å². The van der Waals surface area contributed by atoms with Crippen molar-refractivity contribution < 1.29 is 9.21 Å². The molecule has 1 saturated heterocycles. The van der Waals surface area contributed by atoms with Crippen molar-refractivity contribution >= 4 is 39.2 Å². The molecule has 0 bridgehead atoms. The molecule has 1 N–H and O–H groups in total. The molecule has 1 fully saturated rings. The van der Waals surface area contributed by atoms with Crippen LogP contribution >= 0.6 is 23.1 Å². The molecule has 10 heteroatoms. The van der Waals surface area contributed by atoms with Gasteiger partial charge in [-0.25, -0.2) is 4.98 Å². The summed E-state index contributed by atoms with van der Waals surface area (Å²) in [4.78, 5) is 35.1. The minimum atomic E-state index is -0.159. The molecule has 1 aliphatic heterocycles. The van der Waals surface area contributed by atoms with Crippen molar-refractivity contribution in [3.8, 4) is 10.4 Å². The third kappa shape index (κ3) is 3.88. The summed E-state index contributed by atoms with van der Waals surface area (Å²) >= 11 is 2.79. The molecular weight excluding hydrogens is 422 g/mol. The van der Waals surface area contributed by atoms with Crippen LogP contribution in [0.2, 0.25) is 0 Å². The quantitative estimate of drug-likeness (QED) is 0.459. The van der Waals surface area contributed by atoms with E-state index in [1.54, 1.807) is 4.90 Å². The zero-order chi connectivity index (χ0) is 20.5. The lowest BCUT2D eigenvalue weighted by atomic mass is 10.2. The van der Waals surface area contributed by atoms with Crippen molar-refractivity contribution in [2.75, 3.05) is 6.54 Å². The van der Waals surface area contributed by atoms with Gasteiger partial charge in [0, 0.05) is 17.8 Å².